The summed E-state index contributed by atoms with van der Waals surface area (Å²) in [4.78, 5) is 12.2. The fourth-order valence-corrected chi connectivity index (χ4v) is 2.90. The molecule has 18 heavy (non-hydrogen) atoms. The highest BCUT2D eigenvalue weighted by atomic mass is 79.9. The summed E-state index contributed by atoms with van der Waals surface area (Å²) in [6.07, 6.45) is 4.74. The summed E-state index contributed by atoms with van der Waals surface area (Å²) in [7, 11) is 0. The standard InChI is InChI=1S/C14H19BrN2O/c1-9-4-2-3-5-13(9)17-14(18)11-7-6-10(15)8-12(11)16/h6-9,13H,2-5,16H2,1H3,(H,17,18). The number of rotatable bonds is 2. The van der Waals surface area contributed by atoms with Gasteiger partial charge in [-0.25, -0.2) is 0 Å². The lowest BCUT2D eigenvalue weighted by Gasteiger charge is -2.29. The summed E-state index contributed by atoms with van der Waals surface area (Å²) in [6, 6.07) is 5.66. The molecule has 1 saturated carbocycles. The number of amides is 1. The second-order valence-electron chi connectivity index (χ2n) is 5.07. The SMILES string of the molecule is CC1CCCCC1NC(=O)c1ccc(Br)cc1N. The number of hydrogen-bond donors (Lipinski definition) is 2. The molecule has 0 heterocycles. The van der Waals surface area contributed by atoms with Crippen LogP contribution in [0.25, 0.3) is 0 Å². The predicted molar refractivity (Wildman–Crippen MR) is 77.4 cm³/mol. The molecule has 4 heteroatoms. The molecule has 0 bridgehead atoms. The van der Waals surface area contributed by atoms with E-state index in [0.29, 0.717) is 17.2 Å². The van der Waals surface area contributed by atoms with Crippen LogP contribution in [0.3, 0.4) is 0 Å². The Labute approximate surface area is 116 Å². The topological polar surface area (TPSA) is 55.1 Å². The Kier molecular flexibility index (Phi) is 4.27. The van der Waals surface area contributed by atoms with E-state index in [4.69, 9.17) is 5.73 Å². The smallest absolute Gasteiger partial charge is 0.253 e. The minimum absolute atomic E-state index is 0.0567. The zero-order valence-corrected chi connectivity index (χ0v) is 12.2. The van der Waals surface area contributed by atoms with Gasteiger partial charge in [-0.1, -0.05) is 35.7 Å². The van der Waals surface area contributed by atoms with E-state index < -0.39 is 0 Å². The molecule has 1 aromatic rings. The Morgan fingerprint density at radius 1 is 1.39 bits per heavy atom. The van der Waals surface area contributed by atoms with Crippen LogP contribution < -0.4 is 11.1 Å². The molecule has 2 atom stereocenters. The minimum atomic E-state index is -0.0567. The third-order valence-corrected chi connectivity index (χ3v) is 4.18. The number of carbonyl (C=O) groups is 1. The highest BCUT2D eigenvalue weighted by Gasteiger charge is 2.23. The minimum Gasteiger partial charge on any atom is -0.398 e. The van der Waals surface area contributed by atoms with Crippen molar-refractivity contribution in [3.8, 4) is 0 Å². The largest absolute Gasteiger partial charge is 0.398 e. The van der Waals surface area contributed by atoms with E-state index in [1.165, 1.54) is 19.3 Å². The van der Waals surface area contributed by atoms with Crippen molar-refractivity contribution >= 4 is 27.5 Å². The van der Waals surface area contributed by atoms with E-state index in [1.54, 1.807) is 12.1 Å². The zero-order valence-electron chi connectivity index (χ0n) is 10.6. The quantitative estimate of drug-likeness (QED) is 0.823. The first-order valence-electron chi connectivity index (χ1n) is 6.44. The van der Waals surface area contributed by atoms with E-state index in [1.807, 2.05) is 6.07 Å². The first kappa shape index (κ1) is 13.4. The number of halogens is 1. The predicted octanol–water partition coefficient (Wildman–Crippen LogP) is 3.34. The Bertz CT molecular complexity index is 447. The van der Waals surface area contributed by atoms with Crippen LogP contribution in [-0.2, 0) is 0 Å². The molecule has 1 aliphatic carbocycles. The van der Waals surface area contributed by atoms with Crippen molar-refractivity contribution in [2.45, 2.75) is 38.6 Å². The Balaban J connectivity index is 2.07. The number of nitrogen functional groups attached to an aromatic ring is 1. The Morgan fingerprint density at radius 2 is 2.11 bits per heavy atom. The molecule has 1 aliphatic rings. The van der Waals surface area contributed by atoms with Gasteiger partial charge in [0.2, 0.25) is 0 Å². The molecule has 1 fully saturated rings. The van der Waals surface area contributed by atoms with Crippen LogP contribution in [0, 0.1) is 5.92 Å². The van der Waals surface area contributed by atoms with Crippen molar-refractivity contribution in [1.29, 1.82) is 0 Å². The van der Waals surface area contributed by atoms with Crippen molar-refractivity contribution < 1.29 is 4.79 Å². The van der Waals surface area contributed by atoms with Crippen molar-refractivity contribution in [2.24, 2.45) is 5.92 Å². The Morgan fingerprint density at radius 3 is 2.78 bits per heavy atom. The average molecular weight is 311 g/mol. The fraction of sp³-hybridized carbons (Fsp3) is 0.500. The van der Waals surface area contributed by atoms with Gasteiger partial charge in [0, 0.05) is 16.2 Å². The molecule has 2 rings (SSSR count). The first-order chi connectivity index (χ1) is 8.58. The van der Waals surface area contributed by atoms with Gasteiger partial charge < -0.3 is 11.1 Å². The second kappa shape index (κ2) is 5.74. The third kappa shape index (κ3) is 3.05. The monoisotopic (exact) mass is 310 g/mol. The van der Waals surface area contributed by atoms with E-state index >= 15 is 0 Å². The molecule has 0 radical (unpaired) electrons. The van der Waals surface area contributed by atoms with Crippen LogP contribution in [0.5, 0.6) is 0 Å². The lowest BCUT2D eigenvalue weighted by molar-refractivity contribution is 0.0911. The number of carbonyl (C=O) groups excluding carboxylic acids is 1. The Hall–Kier alpha value is -1.03. The number of anilines is 1. The van der Waals surface area contributed by atoms with Gasteiger partial charge in [0.25, 0.3) is 5.91 Å². The number of hydrogen-bond acceptors (Lipinski definition) is 2. The van der Waals surface area contributed by atoms with Gasteiger partial charge in [0.1, 0.15) is 0 Å². The summed E-state index contributed by atoms with van der Waals surface area (Å²) in [5, 5.41) is 3.11. The van der Waals surface area contributed by atoms with Crippen molar-refractivity contribution in [3.05, 3.63) is 28.2 Å². The third-order valence-electron chi connectivity index (χ3n) is 3.69. The normalized spacial score (nSPS) is 23.7. The molecular weight excluding hydrogens is 292 g/mol. The molecule has 2 unspecified atom stereocenters. The van der Waals surface area contributed by atoms with E-state index in [2.05, 4.69) is 28.2 Å². The van der Waals surface area contributed by atoms with Gasteiger partial charge in [-0.2, -0.15) is 0 Å². The van der Waals surface area contributed by atoms with Crippen LogP contribution in [0.2, 0.25) is 0 Å². The van der Waals surface area contributed by atoms with Crippen LogP contribution in [0.4, 0.5) is 5.69 Å². The first-order valence-corrected chi connectivity index (χ1v) is 7.23. The molecule has 1 amide bonds. The van der Waals surface area contributed by atoms with Gasteiger partial charge in [-0.3, -0.25) is 4.79 Å². The van der Waals surface area contributed by atoms with E-state index in [9.17, 15) is 4.79 Å². The number of benzene rings is 1. The lowest BCUT2D eigenvalue weighted by Crippen LogP contribution is -2.41. The molecule has 1 aromatic carbocycles. The van der Waals surface area contributed by atoms with Gasteiger partial charge in [-0.05, 0) is 37.0 Å². The molecule has 0 spiro atoms. The fourth-order valence-electron chi connectivity index (χ4n) is 2.52. The summed E-state index contributed by atoms with van der Waals surface area (Å²) >= 11 is 3.34. The summed E-state index contributed by atoms with van der Waals surface area (Å²) in [5.74, 6) is 0.498. The lowest BCUT2D eigenvalue weighted by atomic mass is 9.86. The second-order valence-corrected chi connectivity index (χ2v) is 5.99. The van der Waals surface area contributed by atoms with E-state index in [-0.39, 0.29) is 11.9 Å². The highest BCUT2D eigenvalue weighted by molar-refractivity contribution is 9.10. The molecule has 3 N–H and O–H groups in total. The van der Waals surface area contributed by atoms with Gasteiger partial charge >= 0.3 is 0 Å². The van der Waals surface area contributed by atoms with Crippen LogP contribution >= 0.6 is 15.9 Å². The molecule has 0 saturated heterocycles. The molecule has 0 aromatic heterocycles. The zero-order chi connectivity index (χ0) is 13.1. The highest BCUT2D eigenvalue weighted by Crippen LogP contribution is 2.25. The van der Waals surface area contributed by atoms with Crippen LogP contribution in [-0.4, -0.2) is 11.9 Å². The molecular formula is C14H19BrN2O. The molecule has 0 aliphatic heterocycles. The molecule has 98 valence electrons. The maximum Gasteiger partial charge on any atom is 0.253 e. The van der Waals surface area contributed by atoms with Crippen molar-refractivity contribution in [3.63, 3.8) is 0 Å². The van der Waals surface area contributed by atoms with Crippen molar-refractivity contribution in [2.75, 3.05) is 5.73 Å². The summed E-state index contributed by atoms with van der Waals surface area (Å²) in [6.45, 7) is 2.20. The molecule has 3 nitrogen and oxygen atoms in total. The maximum absolute atomic E-state index is 12.2. The summed E-state index contributed by atoms with van der Waals surface area (Å²) < 4.78 is 0.891. The van der Waals surface area contributed by atoms with Gasteiger partial charge in [-0.15, -0.1) is 0 Å². The van der Waals surface area contributed by atoms with Gasteiger partial charge in [0.15, 0.2) is 0 Å². The van der Waals surface area contributed by atoms with Gasteiger partial charge in [0.05, 0.1) is 5.56 Å². The van der Waals surface area contributed by atoms with E-state index in [0.717, 1.165) is 10.9 Å². The maximum atomic E-state index is 12.2. The van der Waals surface area contributed by atoms with Crippen LogP contribution in [0.1, 0.15) is 43.0 Å². The summed E-state index contributed by atoms with van der Waals surface area (Å²) in [5.41, 5.74) is 6.96. The van der Waals surface area contributed by atoms with Crippen LogP contribution in [0.15, 0.2) is 22.7 Å². The van der Waals surface area contributed by atoms with Crippen molar-refractivity contribution in [1.82, 2.24) is 5.32 Å². The number of nitrogens with one attached hydrogen (secondary N) is 1. The number of nitrogens with two attached hydrogens (primary N) is 1. The average Bonchev–Trinajstić information content (AvgIpc) is 2.32.